The summed E-state index contributed by atoms with van der Waals surface area (Å²) in [6.07, 6.45) is 1.88. The molecule has 6 heteroatoms. The highest BCUT2D eigenvalue weighted by Gasteiger charge is 2.28. The molecule has 1 aliphatic rings. The van der Waals surface area contributed by atoms with Crippen LogP contribution in [0.4, 0.5) is 4.39 Å². The summed E-state index contributed by atoms with van der Waals surface area (Å²) in [5.74, 6) is -0.151. The summed E-state index contributed by atoms with van der Waals surface area (Å²) in [5, 5.41) is 0. The van der Waals surface area contributed by atoms with Crippen molar-refractivity contribution in [2.45, 2.75) is 49.7 Å². The number of hydrogen-bond donors (Lipinski definition) is 0. The number of halogens is 1. The van der Waals surface area contributed by atoms with Crippen LogP contribution in [0.25, 0.3) is 0 Å². The van der Waals surface area contributed by atoms with Gasteiger partial charge in [-0.3, -0.25) is 4.18 Å². The molecule has 0 aromatic heterocycles. The van der Waals surface area contributed by atoms with Crippen LogP contribution < -0.4 is 4.74 Å². The van der Waals surface area contributed by atoms with Crippen molar-refractivity contribution in [3.05, 3.63) is 59.9 Å². The third-order valence-corrected chi connectivity index (χ3v) is 5.70. The Labute approximate surface area is 147 Å². The number of para-hydroxylation sites is 1. The van der Waals surface area contributed by atoms with Crippen molar-refractivity contribution >= 4 is 10.1 Å². The van der Waals surface area contributed by atoms with Gasteiger partial charge in [-0.05, 0) is 56.9 Å². The van der Waals surface area contributed by atoms with Gasteiger partial charge in [0.25, 0.3) is 10.1 Å². The highest BCUT2D eigenvalue weighted by atomic mass is 32.2. The van der Waals surface area contributed by atoms with Gasteiger partial charge in [-0.2, -0.15) is 8.42 Å². The number of benzene rings is 2. The smallest absolute Gasteiger partial charge is 0.297 e. The van der Waals surface area contributed by atoms with E-state index < -0.39 is 10.1 Å². The highest BCUT2D eigenvalue weighted by molar-refractivity contribution is 7.86. The van der Waals surface area contributed by atoms with E-state index in [1.165, 1.54) is 6.07 Å². The van der Waals surface area contributed by atoms with E-state index in [1.54, 1.807) is 42.5 Å². The summed E-state index contributed by atoms with van der Waals surface area (Å²) in [7, 11) is -3.76. The Hall–Kier alpha value is -1.92. The monoisotopic (exact) mass is 364 g/mol. The summed E-state index contributed by atoms with van der Waals surface area (Å²) in [6, 6.07) is 12.9. The molecule has 0 atom stereocenters. The first kappa shape index (κ1) is 17.9. The molecule has 134 valence electrons. The summed E-state index contributed by atoms with van der Waals surface area (Å²) in [5.41, 5.74) is 0.991. The molecule has 0 unspecified atom stereocenters. The molecule has 0 bridgehead atoms. The Morgan fingerprint density at radius 1 is 0.920 bits per heavy atom. The largest absolute Gasteiger partial charge is 0.487 e. The van der Waals surface area contributed by atoms with Crippen LogP contribution >= 0.6 is 0 Å². The van der Waals surface area contributed by atoms with Crippen LogP contribution in [0, 0.1) is 12.7 Å². The minimum atomic E-state index is -3.76. The molecular weight excluding hydrogens is 343 g/mol. The van der Waals surface area contributed by atoms with Crippen LogP contribution in [-0.2, 0) is 14.3 Å². The van der Waals surface area contributed by atoms with Crippen molar-refractivity contribution in [3.8, 4) is 5.75 Å². The van der Waals surface area contributed by atoms with Gasteiger partial charge in [0.05, 0.1) is 17.1 Å². The lowest BCUT2D eigenvalue weighted by Crippen LogP contribution is -2.30. The molecule has 25 heavy (non-hydrogen) atoms. The van der Waals surface area contributed by atoms with Gasteiger partial charge >= 0.3 is 0 Å². The summed E-state index contributed by atoms with van der Waals surface area (Å²) < 4.78 is 49.3. The van der Waals surface area contributed by atoms with Crippen molar-refractivity contribution in [2.24, 2.45) is 0 Å². The van der Waals surface area contributed by atoms with Crippen LogP contribution in [0.2, 0.25) is 0 Å². The van der Waals surface area contributed by atoms with E-state index in [4.69, 9.17) is 8.92 Å². The molecular formula is C19H21FO4S. The second kappa shape index (κ2) is 7.54. The molecule has 2 aromatic carbocycles. The Kier molecular flexibility index (Phi) is 5.39. The molecule has 4 nitrogen and oxygen atoms in total. The molecule has 0 heterocycles. The predicted octanol–water partition coefficient (Wildman–Crippen LogP) is 4.23. The molecule has 0 aliphatic heterocycles. The quantitative estimate of drug-likeness (QED) is 0.745. The second-order valence-electron chi connectivity index (χ2n) is 6.31. The van der Waals surface area contributed by atoms with Crippen molar-refractivity contribution in [1.82, 2.24) is 0 Å². The lowest BCUT2D eigenvalue weighted by molar-refractivity contribution is 0.0817. The average molecular weight is 364 g/mol. The van der Waals surface area contributed by atoms with Gasteiger partial charge in [-0.25, -0.2) is 4.39 Å². The molecule has 1 aliphatic carbocycles. The van der Waals surface area contributed by atoms with E-state index in [9.17, 15) is 12.8 Å². The molecule has 1 fully saturated rings. The standard InChI is InChI=1S/C19H21FO4S/c1-14-6-12-17(13-7-14)25(21,22)24-16-10-8-15(9-11-16)23-19-5-3-2-4-18(19)20/h2-7,12-13,15-16H,8-11H2,1H3. The van der Waals surface area contributed by atoms with Crippen LogP contribution in [0.1, 0.15) is 31.2 Å². The number of rotatable bonds is 5. The fourth-order valence-electron chi connectivity index (χ4n) is 2.91. The first-order valence-electron chi connectivity index (χ1n) is 8.35. The average Bonchev–Trinajstić information content (AvgIpc) is 2.59. The van der Waals surface area contributed by atoms with Crippen LogP contribution in [0.5, 0.6) is 5.75 Å². The van der Waals surface area contributed by atoms with Gasteiger partial charge in [0.15, 0.2) is 11.6 Å². The maximum atomic E-state index is 13.6. The van der Waals surface area contributed by atoms with Crippen molar-refractivity contribution in [1.29, 1.82) is 0 Å². The van der Waals surface area contributed by atoms with E-state index in [0.717, 1.165) is 5.56 Å². The summed E-state index contributed by atoms with van der Waals surface area (Å²) in [4.78, 5) is 0.169. The minimum Gasteiger partial charge on any atom is -0.487 e. The highest BCUT2D eigenvalue weighted by Crippen LogP contribution is 2.28. The fourth-order valence-corrected chi connectivity index (χ4v) is 4.04. The molecule has 3 rings (SSSR count). The normalized spacial score (nSPS) is 21.0. The van der Waals surface area contributed by atoms with E-state index in [-0.39, 0.29) is 28.7 Å². The minimum absolute atomic E-state index is 0.126. The lowest BCUT2D eigenvalue weighted by atomic mass is 9.95. The third-order valence-electron chi connectivity index (χ3n) is 4.32. The zero-order valence-corrected chi connectivity index (χ0v) is 14.8. The van der Waals surface area contributed by atoms with Crippen LogP contribution in [0.15, 0.2) is 53.4 Å². The first-order chi connectivity index (χ1) is 11.9. The van der Waals surface area contributed by atoms with Crippen molar-refractivity contribution in [3.63, 3.8) is 0 Å². The Morgan fingerprint density at radius 2 is 1.52 bits per heavy atom. The van der Waals surface area contributed by atoms with Crippen molar-refractivity contribution in [2.75, 3.05) is 0 Å². The van der Waals surface area contributed by atoms with E-state index >= 15 is 0 Å². The Bertz CT molecular complexity index is 810. The van der Waals surface area contributed by atoms with E-state index in [1.807, 2.05) is 6.92 Å². The lowest BCUT2D eigenvalue weighted by Gasteiger charge is -2.28. The maximum Gasteiger partial charge on any atom is 0.297 e. The maximum absolute atomic E-state index is 13.6. The molecule has 0 amide bonds. The molecule has 0 saturated heterocycles. The Balaban J connectivity index is 1.55. The van der Waals surface area contributed by atoms with Gasteiger partial charge in [-0.1, -0.05) is 29.8 Å². The fraction of sp³-hybridized carbons (Fsp3) is 0.368. The zero-order valence-electron chi connectivity index (χ0n) is 14.0. The van der Waals surface area contributed by atoms with Gasteiger partial charge in [-0.15, -0.1) is 0 Å². The molecule has 1 saturated carbocycles. The predicted molar refractivity (Wildman–Crippen MR) is 92.5 cm³/mol. The number of ether oxygens (including phenoxy) is 1. The van der Waals surface area contributed by atoms with Crippen LogP contribution in [0.3, 0.4) is 0 Å². The van der Waals surface area contributed by atoms with Gasteiger partial charge in [0.1, 0.15) is 0 Å². The number of aryl methyl sites for hydroxylation is 1. The third kappa shape index (κ3) is 4.58. The summed E-state index contributed by atoms with van der Waals surface area (Å²) >= 11 is 0. The Morgan fingerprint density at radius 3 is 2.16 bits per heavy atom. The van der Waals surface area contributed by atoms with Gasteiger partial charge in [0.2, 0.25) is 0 Å². The summed E-state index contributed by atoms with van der Waals surface area (Å²) in [6.45, 7) is 1.90. The molecule has 0 radical (unpaired) electrons. The molecule has 0 N–H and O–H groups in total. The SMILES string of the molecule is Cc1ccc(S(=O)(=O)OC2CCC(Oc3ccccc3F)CC2)cc1. The number of hydrogen-bond acceptors (Lipinski definition) is 4. The van der Waals surface area contributed by atoms with E-state index in [0.29, 0.717) is 25.7 Å². The topological polar surface area (TPSA) is 52.6 Å². The zero-order chi connectivity index (χ0) is 17.9. The van der Waals surface area contributed by atoms with Crippen LogP contribution in [-0.4, -0.2) is 20.6 Å². The van der Waals surface area contributed by atoms with Gasteiger partial charge < -0.3 is 4.74 Å². The molecule has 0 spiro atoms. The van der Waals surface area contributed by atoms with E-state index in [2.05, 4.69) is 0 Å². The van der Waals surface area contributed by atoms with Crippen molar-refractivity contribution < 1.29 is 21.7 Å². The molecule has 2 aromatic rings. The first-order valence-corrected chi connectivity index (χ1v) is 9.76. The second-order valence-corrected chi connectivity index (χ2v) is 7.88. The van der Waals surface area contributed by atoms with Gasteiger partial charge in [0, 0.05) is 0 Å².